The molecule has 70 heavy (non-hydrogen) atoms. The van der Waals surface area contributed by atoms with Crippen molar-refractivity contribution >= 4 is 11.9 Å². The first-order valence-corrected chi connectivity index (χ1v) is 31.6. The van der Waals surface area contributed by atoms with Crippen molar-refractivity contribution < 1.29 is 24.5 Å². The van der Waals surface area contributed by atoms with E-state index in [0.29, 0.717) is 25.9 Å². The van der Waals surface area contributed by atoms with Crippen LogP contribution in [-0.4, -0.2) is 47.4 Å². The molecule has 6 heteroatoms. The van der Waals surface area contributed by atoms with Gasteiger partial charge in [-0.3, -0.25) is 9.59 Å². The predicted molar refractivity (Wildman–Crippen MR) is 306 cm³/mol. The van der Waals surface area contributed by atoms with Crippen molar-refractivity contribution in [2.75, 3.05) is 13.2 Å². The summed E-state index contributed by atoms with van der Waals surface area (Å²) in [6.07, 6.45) is 73.2. The van der Waals surface area contributed by atoms with Crippen molar-refractivity contribution in [1.82, 2.24) is 5.32 Å². The largest absolute Gasteiger partial charge is 0.466 e. The highest BCUT2D eigenvalue weighted by Gasteiger charge is 2.20. The van der Waals surface area contributed by atoms with Crippen LogP contribution < -0.4 is 5.32 Å². The van der Waals surface area contributed by atoms with Gasteiger partial charge in [-0.25, -0.2) is 0 Å². The number of carbonyl (C=O) groups excluding carboxylic acids is 2. The molecule has 0 aromatic heterocycles. The van der Waals surface area contributed by atoms with Gasteiger partial charge in [0.2, 0.25) is 5.91 Å². The number of amides is 1. The highest BCUT2D eigenvalue weighted by atomic mass is 16.5. The summed E-state index contributed by atoms with van der Waals surface area (Å²) in [5.41, 5.74) is 0. The Morgan fingerprint density at radius 2 is 0.714 bits per heavy atom. The van der Waals surface area contributed by atoms with E-state index < -0.39 is 12.1 Å². The van der Waals surface area contributed by atoms with E-state index in [1.165, 1.54) is 257 Å². The van der Waals surface area contributed by atoms with Gasteiger partial charge in [-0.15, -0.1) is 0 Å². The maximum Gasteiger partial charge on any atom is 0.305 e. The maximum absolute atomic E-state index is 12.5. The predicted octanol–water partition coefficient (Wildman–Crippen LogP) is 19.8. The molecule has 0 bridgehead atoms. The Kier molecular flexibility index (Phi) is 58.5. The molecule has 2 unspecified atom stereocenters. The SMILES string of the molecule is CCCCC/C=C\C/C=C\CCCCCCCCCCCC(=O)OCCCCCCCCCCCCCCCCC(=O)NC(CO)C(O)CCCCCCCCCCCCCCCCCCCCCC. The van der Waals surface area contributed by atoms with E-state index >= 15 is 0 Å². The molecule has 0 aromatic carbocycles. The number of carbonyl (C=O) groups is 2. The average molecular weight is 987 g/mol. The van der Waals surface area contributed by atoms with Gasteiger partial charge < -0.3 is 20.3 Å². The lowest BCUT2D eigenvalue weighted by Crippen LogP contribution is -2.45. The van der Waals surface area contributed by atoms with E-state index in [1.54, 1.807) is 0 Å². The monoisotopic (exact) mass is 986 g/mol. The van der Waals surface area contributed by atoms with Gasteiger partial charge in [-0.05, 0) is 57.8 Å². The molecule has 0 aliphatic carbocycles. The normalized spacial score (nSPS) is 12.7. The van der Waals surface area contributed by atoms with Gasteiger partial charge in [-0.1, -0.05) is 301 Å². The van der Waals surface area contributed by atoms with Crippen LogP contribution in [0.25, 0.3) is 0 Å². The van der Waals surface area contributed by atoms with Gasteiger partial charge in [0.25, 0.3) is 0 Å². The second kappa shape index (κ2) is 59.9. The Morgan fingerprint density at radius 3 is 1.11 bits per heavy atom. The summed E-state index contributed by atoms with van der Waals surface area (Å²) in [7, 11) is 0. The molecule has 0 spiro atoms. The molecule has 0 aliphatic heterocycles. The second-order valence-electron chi connectivity index (χ2n) is 21.7. The molecule has 1 amide bonds. The van der Waals surface area contributed by atoms with Crippen LogP contribution in [0.3, 0.4) is 0 Å². The zero-order chi connectivity index (χ0) is 50.7. The Bertz CT molecular complexity index is 1090. The van der Waals surface area contributed by atoms with Gasteiger partial charge in [0, 0.05) is 12.8 Å². The summed E-state index contributed by atoms with van der Waals surface area (Å²) in [5, 5.41) is 23.4. The van der Waals surface area contributed by atoms with Gasteiger partial charge >= 0.3 is 5.97 Å². The molecule has 0 aliphatic rings. The van der Waals surface area contributed by atoms with E-state index in [2.05, 4.69) is 43.5 Å². The van der Waals surface area contributed by atoms with Crippen LogP contribution in [-0.2, 0) is 14.3 Å². The standard InChI is InChI=1S/C64H123NO5/c1-3-5-7-9-11-13-15-17-19-21-23-25-26-28-32-36-40-44-48-52-56-62(67)61(60-66)65-63(68)57-53-49-45-41-37-33-30-31-35-39-43-47-51-55-59-70-64(69)58-54-50-46-42-38-34-29-27-24-22-20-18-16-14-12-10-8-6-4-2/h12,14,18,20,61-62,66-67H,3-11,13,15-17,19,21-60H2,1-2H3,(H,65,68)/b14-12-,20-18-. The summed E-state index contributed by atoms with van der Waals surface area (Å²) in [6, 6.07) is -0.551. The summed E-state index contributed by atoms with van der Waals surface area (Å²) < 4.78 is 5.49. The molecule has 0 fully saturated rings. The van der Waals surface area contributed by atoms with E-state index in [9.17, 15) is 19.8 Å². The summed E-state index contributed by atoms with van der Waals surface area (Å²) >= 11 is 0. The van der Waals surface area contributed by atoms with Crippen molar-refractivity contribution in [3.63, 3.8) is 0 Å². The molecule has 0 rings (SSSR count). The molecular formula is C64H123NO5. The molecule has 6 nitrogen and oxygen atoms in total. The molecule has 0 saturated carbocycles. The van der Waals surface area contributed by atoms with Gasteiger partial charge in [0.05, 0.1) is 25.4 Å². The number of esters is 1. The van der Waals surface area contributed by atoms with Crippen molar-refractivity contribution in [2.45, 2.75) is 360 Å². The smallest absolute Gasteiger partial charge is 0.305 e. The molecule has 414 valence electrons. The van der Waals surface area contributed by atoms with Crippen LogP contribution in [0, 0.1) is 0 Å². The number of rotatable bonds is 59. The van der Waals surface area contributed by atoms with Gasteiger partial charge in [0.15, 0.2) is 0 Å². The Morgan fingerprint density at radius 1 is 0.400 bits per heavy atom. The molecule has 0 saturated heterocycles. The summed E-state index contributed by atoms with van der Waals surface area (Å²) in [4.78, 5) is 24.6. The number of hydrogen-bond donors (Lipinski definition) is 3. The number of unbranched alkanes of at least 4 members (excludes halogenated alkanes) is 44. The minimum absolute atomic E-state index is 0.00494. The Balaban J connectivity index is 3.42. The molecule has 3 N–H and O–H groups in total. The van der Waals surface area contributed by atoms with Crippen LogP contribution in [0.15, 0.2) is 24.3 Å². The summed E-state index contributed by atoms with van der Waals surface area (Å²) in [6.45, 7) is 4.93. The lowest BCUT2D eigenvalue weighted by Gasteiger charge is -2.22. The second-order valence-corrected chi connectivity index (χ2v) is 21.7. The van der Waals surface area contributed by atoms with Crippen molar-refractivity contribution in [2.24, 2.45) is 0 Å². The Hall–Kier alpha value is -1.66. The molecule has 0 aromatic rings. The topological polar surface area (TPSA) is 95.9 Å². The fourth-order valence-corrected chi connectivity index (χ4v) is 9.91. The fraction of sp³-hybridized carbons (Fsp3) is 0.906. The maximum atomic E-state index is 12.5. The highest BCUT2D eigenvalue weighted by molar-refractivity contribution is 5.76. The lowest BCUT2D eigenvalue weighted by atomic mass is 10.0. The van der Waals surface area contributed by atoms with Crippen LogP contribution in [0.5, 0.6) is 0 Å². The number of ether oxygens (including phenoxy) is 1. The minimum atomic E-state index is -0.672. The van der Waals surface area contributed by atoms with Crippen molar-refractivity contribution in [3.05, 3.63) is 24.3 Å². The Labute approximate surface area is 437 Å². The zero-order valence-electron chi connectivity index (χ0n) is 47.3. The first-order chi connectivity index (χ1) is 34.5. The third-order valence-electron chi connectivity index (χ3n) is 14.8. The molecular weight excluding hydrogens is 863 g/mol. The third-order valence-corrected chi connectivity index (χ3v) is 14.8. The quantitative estimate of drug-likeness (QED) is 0.0321. The van der Waals surface area contributed by atoms with Gasteiger partial charge in [-0.2, -0.15) is 0 Å². The number of nitrogens with one attached hydrogen (secondary N) is 1. The lowest BCUT2D eigenvalue weighted by molar-refractivity contribution is -0.143. The van der Waals surface area contributed by atoms with Gasteiger partial charge in [0.1, 0.15) is 0 Å². The molecule has 0 heterocycles. The van der Waals surface area contributed by atoms with E-state index in [1.807, 2.05) is 0 Å². The summed E-state index contributed by atoms with van der Waals surface area (Å²) in [5.74, 6) is -0.0472. The minimum Gasteiger partial charge on any atom is -0.466 e. The van der Waals surface area contributed by atoms with E-state index in [0.717, 1.165) is 57.8 Å². The number of aliphatic hydroxyl groups is 2. The van der Waals surface area contributed by atoms with E-state index in [-0.39, 0.29) is 18.5 Å². The van der Waals surface area contributed by atoms with Crippen LogP contribution >= 0.6 is 0 Å². The van der Waals surface area contributed by atoms with Crippen LogP contribution in [0.4, 0.5) is 0 Å². The van der Waals surface area contributed by atoms with Crippen molar-refractivity contribution in [1.29, 1.82) is 0 Å². The third kappa shape index (κ3) is 55.7. The van der Waals surface area contributed by atoms with E-state index in [4.69, 9.17) is 4.74 Å². The first-order valence-electron chi connectivity index (χ1n) is 31.6. The molecule has 2 atom stereocenters. The molecule has 0 radical (unpaired) electrons. The number of aliphatic hydroxyl groups excluding tert-OH is 2. The fourth-order valence-electron chi connectivity index (χ4n) is 9.91. The first kappa shape index (κ1) is 68.3. The zero-order valence-corrected chi connectivity index (χ0v) is 47.3. The van der Waals surface area contributed by atoms with Crippen LogP contribution in [0.1, 0.15) is 348 Å². The van der Waals surface area contributed by atoms with Crippen molar-refractivity contribution in [3.8, 4) is 0 Å². The number of allylic oxidation sites excluding steroid dienone is 4. The number of hydrogen-bond acceptors (Lipinski definition) is 5. The van der Waals surface area contributed by atoms with Crippen LogP contribution in [0.2, 0.25) is 0 Å². The highest BCUT2D eigenvalue weighted by Crippen LogP contribution is 2.18. The average Bonchev–Trinajstić information content (AvgIpc) is 3.36.